The fourth-order valence-electron chi connectivity index (χ4n) is 1.73. The summed E-state index contributed by atoms with van der Waals surface area (Å²) in [7, 11) is 0. The molecule has 1 aromatic heterocycles. The van der Waals surface area contributed by atoms with Crippen molar-refractivity contribution in [1.82, 2.24) is 0 Å². The number of hydrogen-bond donors (Lipinski definition) is 1. The second-order valence-corrected chi connectivity index (χ2v) is 4.56. The van der Waals surface area contributed by atoms with Crippen LogP contribution in [0.2, 0.25) is 0 Å². The zero-order chi connectivity index (χ0) is 15.2. The first-order chi connectivity index (χ1) is 10.1. The number of nitrogens with one attached hydrogen (secondary N) is 1. The summed E-state index contributed by atoms with van der Waals surface area (Å²) in [6.07, 6.45) is 1.40. The van der Waals surface area contributed by atoms with Gasteiger partial charge in [0.1, 0.15) is 0 Å². The molecule has 0 aliphatic heterocycles. The number of hydrogen-bond acceptors (Lipinski definition) is 4. The van der Waals surface area contributed by atoms with E-state index in [0.717, 1.165) is 6.42 Å². The van der Waals surface area contributed by atoms with Crippen LogP contribution >= 0.6 is 0 Å². The summed E-state index contributed by atoms with van der Waals surface area (Å²) in [6, 6.07) is 10.6. The van der Waals surface area contributed by atoms with E-state index in [1.165, 1.54) is 24.8 Å². The molecule has 0 spiro atoms. The lowest BCUT2D eigenvalue weighted by Gasteiger charge is -2.12. The highest BCUT2D eigenvalue weighted by Gasteiger charge is 2.20. The second-order valence-electron chi connectivity index (χ2n) is 4.56. The normalized spacial score (nSPS) is 11.7. The highest BCUT2D eigenvalue weighted by Crippen LogP contribution is 2.11. The van der Waals surface area contributed by atoms with Crippen molar-refractivity contribution in [3.63, 3.8) is 0 Å². The Kier molecular flexibility index (Phi) is 4.77. The monoisotopic (exact) mass is 287 g/mol. The van der Waals surface area contributed by atoms with Crippen molar-refractivity contribution in [3.05, 3.63) is 54.0 Å². The number of carbonyl (C=O) groups is 2. The minimum absolute atomic E-state index is 0.0712. The van der Waals surface area contributed by atoms with Gasteiger partial charge in [0.15, 0.2) is 6.10 Å². The Balaban J connectivity index is 1.91. The maximum Gasteiger partial charge on any atom is 0.374 e. The summed E-state index contributed by atoms with van der Waals surface area (Å²) in [5.74, 6) is -0.981. The minimum Gasteiger partial charge on any atom is -0.457 e. The molecule has 0 radical (unpaired) electrons. The highest BCUT2D eigenvalue weighted by molar-refractivity contribution is 5.96. The molecule has 0 bridgehead atoms. The standard InChI is InChI=1S/C16H17NO4/c1-3-12-6-8-13(9-7-12)17-15(18)11(2)21-16(19)14-5-4-10-20-14/h4-11H,3H2,1-2H3,(H,17,18)/t11-/m0/s1. The minimum atomic E-state index is -0.909. The molecule has 1 aromatic carbocycles. The van der Waals surface area contributed by atoms with Crippen molar-refractivity contribution >= 4 is 17.6 Å². The number of esters is 1. The lowest BCUT2D eigenvalue weighted by Crippen LogP contribution is -2.29. The van der Waals surface area contributed by atoms with Crippen molar-refractivity contribution in [3.8, 4) is 0 Å². The molecule has 2 aromatic rings. The number of rotatable bonds is 5. The summed E-state index contributed by atoms with van der Waals surface area (Å²) in [6.45, 7) is 3.57. The number of aryl methyl sites for hydroxylation is 1. The fraction of sp³-hybridized carbons (Fsp3) is 0.250. The van der Waals surface area contributed by atoms with Gasteiger partial charge in [-0.15, -0.1) is 0 Å². The molecule has 0 unspecified atom stereocenters. The van der Waals surface area contributed by atoms with Gasteiger partial charge < -0.3 is 14.5 Å². The van der Waals surface area contributed by atoms with E-state index >= 15 is 0 Å². The predicted molar refractivity (Wildman–Crippen MR) is 78.0 cm³/mol. The summed E-state index contributed by atoms with van der Waals surface area (Å²) in [5.41, 5.74) is 1.85. The SMILES string of the molecule is CCc1ccc(NC(=O)[C@H](C)OC(=O)c2ccco2)cc1. The Morgan fingerprint density at radius 2 is 1.95 bits per heavy atom. The lowest BCUT2D eigenvalue weighted by molar-refractivity contribution is -0.123. The fourth-order valence-corrected chi connectivity index (χ4v) is 1.73. The number of carbonyl (C=O) groups excluding carboxylic acids is 2. The Morgan fingerprint density at radius 1 is 1.24 bits per heavy atom. The molecule has 21 heavy (non-hydrogen) atoms. The molecule has 1 heterocycles. The number of ether oxygens (including phenoxy) is 1. The molecule has 2 rings (SSSR count). The molecule has 1 amide bonds. The van der Waals surface area contributed by atoms with Gasteiger partial charge in [-0.2, -0.15) is 0 Å². The summed E-state index contributed by atoms with van der Waals surface area (Å²) in [4.78, 5) is 23.6. The molecule has 5 nitrogen and oxygen atoms in total. The van der Waals surface area contributed by atoms with E-state index in [-0.39, 0.29) is 11.7 Å². The van der Waals surface area contributed by atoms with Crippen molar-refractivity contribution < 1.29 is 18.7 Å². The van der Waals surface area contributed by atoms with E-state index in [1.807, 2.05) is 24.3 Å². The highest BCUT2D eigenvalue weighted by atomic mass is 16.6. The lowest BCUT2D eigenvalue weighted by atomic mass is 10.1. The second kappa shape index (κ2) is 6.74. The van der Waals surface area contributed by atoms with Crippen LogP contribution in [-0.2, 0) is 16.0 Å². The number of furan rings is 1. The van der Waals surface area contributed by atoms with Gasteiger partial charge >= 0.3 is 5.97 Å². The van der Waals surface area contributed by atoms with E-state index < -0.39 is 12.1 Å². The third kappa shape index (κ3) is 3.95. The first kappa shape index (κ1) is 14.8. The van der Waals surface area contributed by atoms with Crippen molar-refractivity contribution in [2.75, 3.05) is 5.32 Å². The average Bonchev–Trinajstić information content (AvgIpc) is 3.02. The van der Waals surface area contributed by atoms with Crippen LogP contribution in [0, 0.1) is 0 Å². The third-order valence-corrected chi connectivity index (χ3v) is 3.01. The Bertz CT molecular complexity index is 602. The number of benzene rings is 1. The average molecular weight is 287 g/mol. The molecule has 0 aliphatic carbocycles. The van der Waals surface area contributed by atoms with Crippen LogP contribution in [0.3, 0.4) is 0 Å². The first-order valence-electron chi connectivity index (χ1n) is 6.74. The quantitative estimate of drug-likeness (QED) is 0.858. The predicted octanol–water partition coefficient (Wildman–Crippen LogP) is 3.03. The molecule has 0 saturated heterocycles. The molecule has 0 aliphatic rings. The van der Waals surface area contributed by atoms with Crippen LogP contribution in [-0.4, -0.2) is 18.0 Å². The van der Waals surface area contributed by atoms with Crippen molar-refractivity contribution in [1.29, 1.82) is 0 Å². The zero-order valence-corrected chi connectivity index (χ0v) is 12.0. The van der Waals surface area contributed by atoms with Gasteiger partial charge in [0, 0.05) is 5.69 Å². The summed E-state index contributed by atoms with van der Waals surface area (Å²) < 4.78 is 9.94. The maximum atomic E-state index is 12.0. The Labute approximate surface area is 122 Å². The molecule has 0 fully saturated rings. The summed E-state index contributed by atoms with van der Waals surface area (Å²) in [5, 5.41) is 2.70. The molecule has 0 saturated carbocycles. The third-order valence-electron chi connectivity index (χ3n) is 3.01. The van der Waals surface area contributed by atoms with Gasteiger partial charge in [-0.25, -0.2) is 4.79 Å². The molecule has 5 heteroatoms. The number of amides is 1. The van der Waals surface area contributed by atoms with Crippen LogP contribution in [0.25, 0.3) is 0 Å². The van der Waals surface area contributed by atoms with Crippen LogP contribution in [0.4, 0.5) is 5.69 Å². The van der Waals surface area contributed by atoms with Gasteiger partial charge in [0.05, 0.1) is 6.26 Å². The Morgan fingerprint density at radius 3 is 2.52 bits per heavy atom. The van der Waals surface area contributed by atoms with Crippen LogP contribution in [0.5, 0.6) is 0 Å². The molecular weight excluding hydrogens is 270 g/mol. The van der Waals surface area contributed by atoms with E-state index in [9.17, 15) is 9.59 Å². The van der Waals surface area contributed by atoms with Crippen LogP contribution in [0.15, 0.2) is 47.1 Å². The van der Waals surface area contributed by atoms with Crippen molar-refractivity contribution in [2.45, 2.75) is 26.4 Å². The maximum absolute atomic E-state index is 12.0. The topological polar surface area (TPSA) is 68.5 Å². The largest absolute Gasteiger partial charge is 0.457 e. The Hall–Kier alpha value is -2.56. The smallest absolute Gasteiger partial charge is 0.374 e. The van der Waals surface area contributed by atoms with Gasteiger partial charge in [0.2, 0.25) is 5.76 Å². The van der Waals surface area contributed by atoms with E-state index in [4.69, 9.17) is 9.15 Å². The van der Waals surface area contributed by atoms with E-state index in [0.29, 0.717) is 5.69 Å². The van der Waals surface area contributed by atoms with Crippen LogP contribution < -0.4 is 5.32 Å². The molecule has 1 N–H and O–H groups in total. The van der Waals surface area contributed by atoms with Gasteiger partial charge in [-0.05, 0) is 43.2 Å². The zero-order valence-electron chi connectivity index (χ0n) is 12.0. The van der Waals surface area contributed by atoms with Gasteiger partial charge in [0.25, 0.3) is 5.91 Å². The van der Waals surface area contributed by atoms with Crippen LogP contribution in [0.1, 0.15) is 30.0 Å². The first-order valence-corrected chi connectivity index (χ1v) is 6.74. The molecule has 1 atom stereocenters. The number of anilines is 1. The van der Waals surface area contributed by atoms with Crippen molar-refractivity contribution in [2.24, 2.45) is 0 Å². The summed E-state index contributed by atoms with van der Waals surface area (Å²) >= 11 is 0. The van der Waals surface area contributed by atoms with Gasteiger partial charge in [-0.3, -0.25) is 4.79 Å². The van der Waals surface area contributed by atoms with E-state index in [1.54, 1.807) is 6.07 Å². The van der Waals surface area contributed by atoms with E-state index in [2.05, 4.69) is 12.2 Å². The molecule has 110 valence electrons. The van der Waals surface area contributed by atoms with Gasteiger partial charge in [-0.1, -0.05) is 19.1 Å². The molecular formula is C16H17NO4.